The number of aromatic nitrogens is 1. The van der Waals surface area contributed by atoms with E-state index >= 15 is 0 Å². The zero-order valence-electron chi connectivity index (χ0n) is 13.7. The lowest BCUT2D eigenvalue weighted by Gasteiger charge is -2.25. The average Bonchev–Trinajstić information content (AvgIpc) is 3.31. The van der Waals surface area contributed by atoms with E-state index in [1.807, 2.05) is 30.5 Å². The lowest BCUT2D eigenvalue weighted by Crippen LogP contribution is -2.36. The van der Waals surface area contributed by atoms with Crippen LogP contribution >= 0.6 is 0 Å². The lowest BCUT2D eigenvalue weighted by atomic mass is 9.98. The first kappa shape index (κ1) is 15.8. The zero-order valence-corrected chi connectivity index (χ0v) is 13.7. The van der Waals surface area contributed by atoms with Gasteiger partial charge in [0.1, 0.15) is 5.82 Å². The third kappa shape index (κ3) is 3.28. The molecule has 2 N–H and O–H groups in total. The maximum atomic E-state index is 13.3. The van der Waals surface area contributed by atoms with Crippen LogP contribution in [0.1, 0.15) is 34.8 Å². The number of hydrogen-bond donors (Lipinski definition) is 2. The maximum Gasteiger partial charge on any atom is 0.251 e. The Balaban J connectivity index is 1.60. The van der Waals surface area contributed by atoms with Gasteiger partial charge in [0, 0.05) is 23.9 Å². The summed E-state index contributed by atoms with van der Waals surface area (Å²) in [4.78, 5) is 15.9. The van der Waals surface area contributed by atoms with Crippen LogP contribution in [-0.2, 0) is 4.74 Å². The molecule has 4 nitrogen and oxygen atoms in total. The predicted molar refractivity (Wildman–Crippen MR) is 93.9 cm³/mol. The van der Waals surface area contributed by atoms with Crippen LogP contribution in [0.4, 0.5) is 4.39 Å². The van der Waals surface area contributed by atoms with Crippen molar-refractivity contribution in [3.05, 3.63) is 71.7 Å². The molecule has 0 aliphatic carbocycles. The third-order valence-corrected chi connectivity index (χ3v) is 4.67. The van der Waals surface area contributed by atoms with Crippen LogP contribution in [0, 0.1) is 5.82 Å². The Labute approximate surface area is 145 Å². The summed E-state index contributed by atoms with van der Waals surface area (Å²) in [6.07, 6.45) is 3.59. The molecule has 5 heteroatoms. The molecular weight excluding hydrogens is 319 g/mol. The number of hydrogen-bond acceptors (Lipinski definition) is 2. The Morgan fingerprint density at radius 3 is 2.80 bits per heavy atom. The molecule has 2 aromatic carbocycles. The Kier molecular flexibility index (Phi) is 4.24. The first-order valence-electron chi connectivity index (χ1n) is 8.46. The average molecular weight is 338 g/mol. The van der Waals surface area contributed by atoms with E-state index in [9.17, 15) is 9.18 Å². The van der Waals surface area contributed by atoms with Crippen LogP contribution in [0.5, 0.6) is 0 Å². The quantitative estimate of drug-likeness (QED) is 0.757. The van der Waals surface area contributed by atoms with Crippen molar-refractivity contribution in [3.63, 3.8) is 0 Å². The summed E-state index contributed by atoms with van der Waals surface area (Å²) in [6.45, 7) is 0.687. The van der Waals surface area contributed by atoms with Crippen LogP contribution in [0.3, 0.4) is 0 Å². The number of nitrogens with one attached hydrogen (secondary N) is 2. The van der Waals surface area contributed by atoms with Gasteiger partial charge in [0.25, 0.3) is 5.91 Å². The minimum atomic E-state index is -0.296. The van der Waals surface area contributed by atoms with Crippen molar-refractivity contribution < 1.29 is 13.9 Å². The second-order valence-corrected chi connectivity index (χ2v) is 6.33. The van der Waals surface area contributed by atoms with Gasteiger partial charge in [-0.25, -0.2) is 4.39 Å². The highest BCUT2D eigenvalue weighted by Crippen LogP contribution is 2.28. The van der Waals surface area contributed by atoms with Crippen LogP contribution in [0.15, 0.2) is 54.7 Å². The fraction of sp³-hybridized carbons (Fsp3) is 0.250. The molecule has 0 bridgehead atoms. The number of carbonyl (C=O) groups is 1. The second-order valence-electron chi connectivity index (χ2n) is 6.33. The summed E-state index contributed by atoms with van der Waals surface area (Å²) in [7, 11) is 0. The highest BCUT2D eigenvalue weighted by Gasteiger charge is 2.29. The summed E-state index contributed by atoms with van der Waals surface area (Å²) < 4.78 is 19.0. The molecule has 0 spiro atoms. The largest absolute Gasteiger partial charge is 0.376 e. The number of H-pyrrole nitrogens is 1. The Morgan fingerprint density at radius 1 is 1.20 bits per heavy atom. The number of ether oxygens (including phenoxy) is 1. The molecule has 25 heavy (non-hydrogen) atoms. The van der Waals surface area contributed by atoms with Crippen molar-refractivity contribution in [2.75, 3.05) is 6.61 Å². The van der Waals surface area contributed by atoms with Gasteiger partial charge >= 0.3 is 0 Å². The van der Waals surface area contributed by atoms with Gasteiger partial charge in [0.15, 0.2) is 0 Å². The number of rotatable bonds is 4. The number of fused-ring (bicyclic) bond motifs is 1. The van der Waals surface area contributed by atoms with Crippen molar-refractivity contribution in [2.24, 2.45) is 0 Å². The molecule has 0 saturated carbocycles. The minimum Gasteiger partial charge on any atom is -0.376 e. The molecule has 0 unspecified atom stereocenters. The van der Waals surface area contributed by atoms with Gasteiger partial charge in [0.2, 0.25) is 0 Å². The van der Waals surface area contributed by atoms with Crippen LogP contribution in [0.25, 0.3) is 10.9 Å². The van der Waals surface area contributed by atoms with Crippen LogP contribution in [0.2, 0.25) is 0 Å². The van der Waals surface area contributed by atoms with Crippen molar-refractivity contribution in [1.82, 2.24) is 10.3 Å². The highest BCUT2D eigenvalue weighted by molar-refractivity contribution is 5.98. The molecule has 3 aromatic rings. The summed E-state index contributed by atoms with van der Waals surface area (Å²) in [5, 5.41) is 4.13. The molecule has 0 radical (unpaired) electrons. The molecule has 4 rings (SSSR count). The second kappa shape index (κ2) is 6.69. The van der Waals surface area contributed by atoms with Gasteiger partial charge in [-0.1, -0.05) is 18.2 Å². The van der Waals surface area contributed by atoms with E-state index in [2.05, 4.69) is 10.3 Å². The van der Waals surface area contributed by atoms with E-state index in [1.54, 1.807) is 12.1 Å². The molecule has 1 fully saturated rings. The maximum absolute atomic E-state index is 13.3. The van der Waals surface area contributed by atoms with Crippen LogP contribution < -0.4 is 5.32 Å². The van der Waals surface area contributed by atoms with E-state index in [-0.39, 0.29) is 23.9 Å². The Hall–Kier alpha value is -2.66. The summed E-state index contributed by atoms with van der Waals surface area (Å²) in [6, 6.07) is 13.5. The summed E-state index contributed by atoms with van der Waals surface area (Å²) in [5.74, 6) is -0.459. The normalized spacial score (nSPS) is 18.4. The molecule has 1 aliphatic rings. The monoisotopic (exact) mass is 338 g/mol. The topological polar surface area (TPSA) is 54.1 Å². The number of aromatic amines is 1. The number of amides is 1. The molecule has 1 saturated heterocycles. The van der Waals surface area contributed by atoms with Gasteiger partial charge in [-0.2, -0.15) is 0 Å². The number of halogens is 1. The SMILES string of the molecule is O=C(N[C@@H](c1ccc(F)cc1)[C@@H]1CCCO1)c1ccc2cc[nH]c2c1. The Bertz CT molecular complexity index is 882. The van der Waals surface area contributed by atoms with Gasteiger partial charge in [-0.3, -0.25) is 4.79 Å². The van der Waals surface area contributed by atoms with Gasteiger partial charge < -0.3 is 15.0 Å². The first-order valence-corrected chi connectivity index (χ1v) is 8.46. The standard InChI is InChI=1S/C20H19FN2O2/c21-16-7-5-14(6-8-16)19(18-2-1-11-25-18)23-20(24)15-4-3-13-9-10-22-17(13)12-15/h3-10,12,18-19,22H,1-2,11H2,(H,23,24)/t18-,19-/m0/s1. The highest BCUT2D eigenvalue weighted by atomic mass is 19.1. The molecule has 2 atom stereocenters. The fourth-order valence-electron chi connectivity index (χ4n) is 3.34. The van der Waals surface area contributed by atoms with Crippen LogP contribution in [-0.4, -0.2) is 23.6 Å². The molecule has 1 aliphatic heterocycles. The number of carbonyl (C=O) groups excluding carboxylic acids is 1. The van der Waals surface area contributed by atoms with Crippen molar-refractivity contribution in [1.29, 1.82) is 0 Å². The van der Waals surface area contributed by atoms with E-state index in [0.29, 0.717) is 12.2 Å². The van der Waals surface area contributed by atoms with Crippen molar-refractivity contribution in [3.8, 4) is 0 Å². The Morgan fingerprint density at radius 2 is 2.04 bits per heavy atom. The summed E-state index contributed by atoms with van der Waals surface area (Å²) in [5.41, 5.74) is 2.35. The molecule has 128 valence electrons. The lowest BCUT2D eigenvalue weighted by molar-refractivity contribution is 0.0672. The van der Waals surface area contributed by atoms with Crippen molar-refractivity contribution in [2.45, 2.75) is 25.0 Å². The van der Waals surface area contributed by atoms with E-state index in [4.69, 9.17) is 4.74 Å². The van der Waals surface area contributed by atoms with E-state index in [0.717, 1.165) is 29.3 Å². The van der Waals surface area contributed by atoms with Gasteiger partial charge in [0.05, 0.1) is 12.1 Å². The van der Waals surface area contributed by atoms with Crippen molar-refractivity contribution >= 4 is 16.8 Å². The molecule has 1 amide bonds. The molecular formula is C20H19FN2O2. The van der Waals surface area contributed by atoms with E-state index < -0.39 is 0 Å². The smallest absolute Gasteiger partial charge is 0.251 e. The molecule has 2 heterocycles. The predicted octanol–water partition coefficient (Wildman–Crippen LogP) is 3.96. The van der Waals surface area contributed by atoms with E-state index in [1.165, 1.54) is 12.1 Å². The third-order valence-electron chi connectivity index (χ3n) is 4.67. The fourth-order valence-corrected chi connectivity index (χ4v) is 3.34. The molecule has 1 aromatic heterocycles. The number of benzene rings is 2. The van der Waals surface area contributed by atoms with Gasteiger partial charge in [-0.05, 0) is 54.1 Å². The first-order chi connectivity index (χ1) is 12.2. The zero-order chi connectivity index (χ0) is 17.2. The summed E-state index contributed by atoms with van der Waals surface area (Å²) >= 11 is 0. The minimum absolute atomic E-state index is 0.0939. The van der Waals surface area contributed by atoms with Gasteiger partial charge in [-0.15, -0.1) is 0 Å².